The van der Waals surface area contributed by atoms with E-state index in [4.69, 9.17) is 14.5 Å². The molecule has 1 saturated heterocycles. The minimum Gasteiger partial charge on any atom is -0.497 e. The summed E-state index contributed by atoms with van der Waals surface area (Å²) in [5, 5.41) is 2.23. The van der Waals surface area contributed by atoms with E-state index in [2.05, 4.69) is 59.9 Å². The van der Waals surface area contributed by atoms with Crippen molar-refractivity contribution in [3.8, 4) is 17.0 Å². The van der Waals surface area contributed by atoms with E-state index in [1.54, 1.807) is 18.4 Å². The van der Waals surface area contributed by atoms with E-state index in [9.17, 15) is 0 Å². The highest BCUT2D eigenvalue weighted by Crippen LogP contribution is 2.27. The van der Waals surface area contributed by atoms with Crippen molar-refractivity contribution in [1.82, 2.24) is 9.47 Å². The molecule has 32 heavy (non-hydrogen) atoms. The first-order valence-electron chi connectivity index (χ1n) is 11.2. The van der Waals surface area contributed by atoms with Crippen LogP contribution in [0.2, 0.25) is 0 Å². The molecule has 4 rings (SSSR count). The number of methoxy groups -OCH3 is 1. The van der Waals surface area contributed by atoms with Gasteiger partial charge < -0.3 is 14.0 Å². The van der Waals surface area contributed by atoms with Gasteiger partial charge in [0.25, 0.3) is 0 Å². The first kappa shape index (κ1) is 22.8. The van der Waals surface area contributed by atoms with E-state index >= 15 is 0 Å². The Morgan fingerprint density at radius 2 is 1.66 bits per heavy atom. The molecule has 0 N–H and O–H groups in total. The van der Waals surface area contributed by atoms with Gasteiger partial charge in [-0.05, 0) is 40.8 Å². The van der Waals surface area contributed by atoms with Crippen LogP contribution in [0.3, 0.4) is 0 Å². The Morgan fingerprint density at radius 1 is 0.969 bits per heavy atom. The Morgan fingerprint density at radius 3 is 2.28 bits per heavy atom. The molecule has 170 valence electrons. The zero-order valence-electron chi connectivity index (χ0n) is 19.5. The van der Waals surface area contributed by atoms with E-state index in [-0.39, 0.29) is 5.41 Å². The average molecular weight is 452 g/mol. The van der Waals surface area contributed by atoms with E-state index < -0.39 is 0 Å². The van der Waals surface area contributed by atoms with Gasteiger partial charge in [0.2, 0.25) is 0 Å². The number of aromatic nitrogens is 1. The van der Waals surface area contributed by atoms with Gasteiger partial charge in [0, 0.05) is 31.6 Å². The summed E-state index contributed by atoms with van der Waals surface area (Å²) >= 11 is 1.69. The molecule has 2 aromatic carbocycles. The predicted molar refractivity (Wildman–Crippen MR) is 132 cm³/mol. The van der Waals surface area contributed by atoms with Crippen molar-refractivity contribution < 1.29 is 9.47 Å². The minimum absolute atomic E-state index is 0.147. The molecule has 0 atom stereocenters. The van der Waals surface area contributed by atoms with Crippen LogP contribution in [0.4, 0.5) is 5.69 Å². The van der Waals surface area contributed by atoms with Gasteiger partial charge in [-0.25, -0.2) is 4.99 Å². The van der Waals surface area contributed by atoms with E-state index in [1.807, 2.05) is 24.3 Å². The maximum absolute atomic E-state index is 5.51. The van der Waals surface area contributed by atoms with Crippen LogP contribution in [0.1, 0.15) is 26.3 Å². The van der Waals surface area contributed by atoms with Crippen LogP contribution < -0.4 is 9.54 Å². The molecule has 0 amide bonds. The number of thiazole rings is 1. The number of benzene rings is 2. The molecule has 1 aliphatic rings. The zero-order chi connectivity index (χ0) is 22.6. The molecule has 1 aromatic heterocycles. The van der Waals surface area contributed by atoms with Crippen LogP contribution in [0.15, 0.2) is 58.9 Å². The summed E-state index contributed by atoms with van der Waals surface area (Å²) in [4.78, 5) is 8.45. The van der Waals surface area contributed by atoms with Gasteiger partial charge in [-0.15, -0.1) is 11.3 Å². The van der Waals surface area contributed by atoms with Crippen LogP contribution in [-0.4, -0.2) is 49.4 Å². The summed E-state index contributed by atoms with van der Waals surface area (Å²) in [6, 6.07) is 16.9. The lowest BCUT2D eigenvalue weighted by Crippen LogP contribution is -2.39. The molecule has 5 nitrogen and oxygen atoms in total. The van der Waals surface area contributed by atoms with Crippen LogP contribution in [0, 0.1) is 0 Å². The topological polar surface area (TPSA) is 39.0 Å². The second-order valence-corrected chi connectivity index (χ2v) is 9.98. The number of ether oxygens (including phenoxy) is 2. The summed E-state index contributed by atoms with van der Waals surface area (Å²) in [5.74, 6) is 0.843. The fourth-order valence-electron chi connectivity index (χ4n) is 3.84. The van der Waals surface area contributed by atoms with Gasteiger partial charge in [0.05, 0.1) is 31.7 Å². The lowest BCUT2D eigenvalue weighted by atomic mass is 9.86. The molecule has 0 bridgehead atoms. The summed E-state index contributed by atoms with van der Waals surface area (Å²) < 4.78 is 13.2. The van der Waals surface area contributed by atoms with Gasteiger partial charge in [-0.1, -0.05) is 45.0 Å². The second-order valence-electron chi connectivity index (χ2n) is 9.15. The lowest BCUT2D eigenvalue weighted by molar-refractivity contribution is 0.0363. The predicted octanol–water partition coefficient (Wildman–Crippen LogP) is 5.09. The number of hydrogen-bond donors (Lipinski definition) is 0. The quantitative estimate of drug-likeness (QED) is 0.524. The summed E-state index contributed by atoms with van der Waals surface area (Å²) in [5.41, 5.74) is 4.87. The monoisotopic (exact) mass is 451 g/mol. The van der Waals surface area contributed by atoms with Gasteiger partial charge in [-0.3, -0.25) is 4.90 Å². The van der Waals surface area contributed by atoms with Crippen molar-refractivity contribution in [2.75, 3.05) is 40.0 Å². The normalized spacial score (nSPS) is 15.8. The number of nitrogens with zero attached hydrogens (tertiary/aromatic N) is 3. The first-order valence-corrected chi connectivity index (χ1v) is 12.1. The summed E-state index contributed by atoms with van der Waals surface area (Å²) in [6.45, 7) is 12.3. The van der Waals surface area contributed by atoms with Crippen molar-refractivity contribution in [3.63, 3.8) is 0 Å². The second kappa shape index (κ2) is 10.0. The van der Waals surface area contributed by atoms with Crippen molar-refractivity contribution in [3.05, 3.63) is 64.3 Å². The Kier molecular flexibility index (Phi) is 7.13. The highest BCUT2D eigenvalue weighted by atomic mass is 32.1. The summed E-state index contributed by atoms with van der Waals surface area (Å²) in [6.07, 6.45) is 0. The molecular formula is C26H33N3O2S. The van der Waals surface area contributed by atoms with Crippen LogP contribution in [-0.2, 0) is 16.7 Å². The maximum Gasteiger partial charge on any atom is 0.190 e. The molecule has 0 radical (unpaired) electrons. The van der Waals surface area contributed by atoms with E-state index in [0.29, 0.717) is 0 Å². The molecule has 1 fully saturated rings. The van der Waals surface area contributed by atoms with Crippen LogP contribution >= 0.6 is 11.3 Å². The highest BCUT2D eigenvalue weighted by Gasteiger charge is 2.16. The molecular weight excluding hydrogens is 418 g/mol. The maximum atomic E-state index is 5.51. The van der Waals surface area contributed by atoms with Gasteiger partial charge in [0.1, 0.15) is 5.75 Å². The third-order valence-electron chi connectivity index (χ3n) is 5.89. The number of rotatable bonds is 6. The molecule has 0 unspecified atom stereocenters. The first-order chi connectivity index (χ1) is 15.4. The van der Waals surface area contributed by atoms with Crippen molar-refractivity contribution in [1.29, 1.82) is 0 Å². The van der Waals surface area contributed by atoms with Crippen LogP contribution in [0.25, 0.3) is 11.3 Å². The molecule has 3 aromatic rings. The molecule has 0 spiro atoms. The van der Waals surface area contributed by atoms with Gasteiger partial charge in [-0.2, -0.15) is 0 Å². The van der Waals surface area contributed by atoms with Crippen molar-refractivity contribution in [2.45, 2.75) is 32.7 Å². The number of hydrogen-bond acceptors (Lipinski definition) is 5. The van der Waals surface area contributed by atoms with Crippen molar-refractivity contribution >= 4 is 17.0 Å². The fraction of sp³-hybridized carbons (Fsp3) is 0.423. The Balaban J connectivity index is 1.68. The largest absolute Gasteiger partial charge is 0.497 e. The molecule has 0 saturated carbocycles. The molecule has 2 heterocycles. The molecule has 0 aliphatic carbocycles. The highest BCUT2D eigenvalue weighted by molar-refractivity contribution is 7.07. The SMILES string of the molecule is COc1ccc(N=c2scc(-c3ccc(C(C)(C)C)cc3)n2CCN2CCOCC2)cc1. The van der Waals surface area contributed by atoms with Crippen molar-refractivity contribution in [2.24, 2.45) is 4.99 Å². The Hall–Kier alpha value is -2.41. The Labute approximate surface area is 195 Å². The summed E-state index contributed by atoms with van der Waals surface area (Å²) in [7, 11) is 1.68. The van der Waals surface area contributed by atoms with E-state index in [0.717, 1.165) is 55.6 Å². The standard InChI is InChI=1S/C26H33N3O2S/c1-26(2,3)21-7-5-20(6-8-21)24-19-32-25(27-22-9-11-23(30-4)12-10-22)29(24)14-13-28-15-17-31-18-16-28/h5-12,19H,13-18H2,1-4H3. The van der Waals surface area contributed by atoms with Crippen LogP contribution in [0.5, 0.6) is 5.75 Å². The third kappa shape index (κ3) is 5.49. The fourth-order valence-corrected chi connectivity index (χ4v) is 4.80. The van der Waals surface area contributed by atoms with Gasteiger partial charge >= 0.3 is 0 Å². The third-order valence-corrected chi connectivity index (χ3v) is 6.75. The minimum atomic E-state index is 0.147. The van der Waals surface area contributed by atoms with E-state index in [1.165, 1.54) is 16.8 Å². The number of morpholine rings is 1. The smallest absolute Gasteiger partial charge is 0.190 e. The zero-order valence-corrected chi connectivity index (χ0v) is 20.3. The molecule has 1 aliphatic heterocycles. The Bertz CT molecular complexity index is 1070. The molecule has 6 heteroatoms. The lowest BCUT2D eigenvalue weighted by Gasteiger charge is -2.27. The van der Waals surface area contributed by atoms with Gasteiger partial charge in [0.15, 0.2) is 4.80 Å². The average Bonchev–Trinajstić information content (AvgIpc) is 3.20.